The van der Waals surface area contributed by atoms with Gasteiger partial charge in [-0.15, -0.1) is 0 Å². The number of Topliss-reactive ketones (excluding diaryl/α,β-unsaturated/α-hetero) is 2. The molecule has 0 aromatic heterocycles. The third-order valence-corrected chi connectivity index (χ3v) is 9.82. The summed E-state index contributed by atoms with van der Waals surface area (Å²) in [6, 6.07) is 9.82. The van der Waals surface area contributed by atoms with E-state index in [0.717, 1.165) is 61.3 Å². The molecule has 0 radical (unpaired) electrons. The second-order valence-electron chi connectivity index (χ2n) is 14.2. The molecule has 2 aromatic rings. The number of nitrogens with one attached hydrogen (secondary N) is 1. The molecule has 1 N–H and O–H groups in total. The SMILES string of the molecule is CCOc1cc(C2C3=C(CC(C)(C)CC3=O)N(CC)C3=C2C(=O)CC(C)(C)C3)cc(I)c1OCC(=O)Nc1cc(C)ccc1C. The number of rotatable bonds is 8. The fraction of sp³-hybridized carbons (Fsp3) is 0.486. The van der Waals surface area contributed by atoms with Gasteiger partial charge >= 0.3 is 0 Å². The van der Waals surface area contributed by atoms with E-state index in [1.807, 2.05) is 51.1 Å². The Morgan fingerprint density at radius 1 is 0.911 bits per heavy atom. The molecule has 240 valence electrons. The molecule has 0 saturated heterocycles. The van der Waals surface area contributed by atoms with Gasteiger partial charge in [0.1, 0.15) is 0 Å². The van der Waals surface area contributed by atoms with E-state index in [-0.39, 0.29) is 34.9 Å². The number of amides is 1. The summed E-state index contributed by atoms with van der Waals surface area (Å²) < 4.78 is 12.9. The monoisotopic (exact) mass is 724 g/mol. The summed E-state index contributed by atoms with van der Waals surface area (Å²) in [6.07, 6.45) is 2.43. The lowest BCUT2D eigenvalue weighted by atomic mass is 9.63. The smallest absolute Gasteiger partial charge is 0.262 e. The molecular formula is C37H45IN2O5. The Balaban J connectivity index is 1.56. The lowest BCUT2D eigenvalue weighted by molar-refractivity contribution is -0.120. The van der Waals surface area contributed by atoms with Gasteiger partial charge in [-0.05, 0) is 109 Å². The van der Waals surface area contributed by atoms with Gasteiger partial charge in [-0.3, -0.25) is 14.4 Å². The van der Waals surface area contributed by atoms with Crippen molar-refractivity contribution in [3.05, 3.63) is 73.1 Å². The molecule has 3 aliphatic rings. The summed E-state index contributed by atoms with van der Waals surface area (Å²) in [7, 11) is 0. The fourth-order valence-corrected chi connectivity index (χ4v) is 7.90. The van der Waals surface area contributed by atoms with E-state index < -0.39 is 5.92 Å². The number of carbonyl (C=O) groups excluding carboxylic acids is 3. The van der Waals surface area contributed by atoms with E-state index in [2.05, 4.69) is 67.4 Å². The molecule has 1 amide bonds. The molecule has 45 heavy (non-hydrogen) atoms. The van der Waals surface area contributed by atoms with Crippen molar-refractivity contribution >= 4 is 45.8 Å². The van der Waals surface area contributed by atoms with Crippen molar-refractivity contribution in [1.29, 1.82) is 0 Å². The Labute approximate surface area is 280 Å². The Morgan fingerprint density at radius 2 is 1.51 bits per heavy atom. The maximum atomic E-state index is 14.0. The Hall–Kier alpha value is -3.14. The third-order valence-electron chi connectivity index (χ3n) is 9.02. The molecule has 8 heteroatoms. The maximum absolute atomic E-state index is 14.0. The lowest BCUT2D eigenvalue weighted by Crippen LogP contribution is -2.44. The number of ether oxygens (including phenoxy) is 2. The van der Waals surface area contributed by atoms with Crippen molar-refractivity contribution in [2.45, 2.75) is 87.0 Å². The van der Waals surface area contributed by atoms with E-state index >= 15 is 0 Å². The van der Waals surface area contributed by atoms with Crippen LogP contribution in [0.4, 0.5) is 5.69 Å². The van der Waals surface area contributed by atoms with Gasteiger partial charge in [-0.1, -0.05) is 39.8 Å². The number of allylic oxidation sites excluding steroid dienone is 4. The molecule has 2 aliphatic carbocycles. The van der Waals surface area contributed by atoms with Crippen molar-refractivity contribution in [3.8, 4) is 11.5 Å². The zero-order valence-electron chi connectivity index (χ0n) is 27.8. The van der Waals surface area contributed by atoms with Crippen molar-refractivity contribution in [3.63, 3.8) is 0 Å². The second-order valence-corrected chi connectivity index (χ2v) is 15.4. The van der Waals surface area contributed by atoms with E-state index in [1.165, 1.54) is 0 Å². The predicted octanol–water partition coefficient (Wildman–Crippen LogP) is 8.03. The number of halogens is 1. The van der Waals surface area contributed by atoms with Crippen molar-refractivity contribution in [1.82, 2.24) is 4.90 Å². The van der Waals surface area contributed by atoms with Crippen LogP contribution in [-0.2, 0) is 14.4 Å². The number of carbonyl (C=O) groups is 3. The maximum Gasteiger partial charge on any atom is 0.262 e. The quantitative estimate of drug-likeness (QED) is 0.278. The van der Waals surface area contributed by atoms with Crippen molar-refractivity contribution < 1.29 is 23.9 Å². The molecule has 1 aliphatic heterocycles. The Morgan fingerprint density at radius 3 is 2.07 bits per heavy atom. The molecule has 5 rings (SSSR count). The van der Waals surface area contributed by atoms with E-state index in [0.29, 0.717) is 37.5 Å². The summed E-state index contributed by atoms with van der Waals surface area (Å²) in [5.41, 5.74) is 6.86. The van der Waals surface area contributed by atoms with Gasteiger partial charge in [-0.2, -0.15) is 0 Å². The molecule has 0 spiro atoms. The normalized spacial score (nSPS) is 19.4. The minimum atomic E-state index is -0.473. The molecule has 0 bridgehead atoms. The molecular weight excluding hydrogens is 679 g/mol. The third kappa shape index (κ3) is 6.71. The van der Waals surface area contributed by atoms with Crippen LogP contribution in [0.5, 0.6) is 11.5 Å². The number of nitrogens with zero attached hydrogens (tertiary/aromatic N) is 1. The highest BCUT2D eigenvalue weighted by Gasteiger charge is 2.48. The largest absolute Gasteiger partial charge is 0.490 e. The summed E-state index contributed by atoms with van der Waals surface area (Å²) in [5, 5.41) is 2.95. The molecule has 0 fully saturated rings. The standard InChI is InChI=1S/C37H45IN2O5/c1-9-40-26-16-36(5,6)18-28(41)33(26)32(34-27(40)17-37(7,8)19-29(34)42)23-14-24(38)35(30(15-23)44-10-2)45-20-31(43)39-25-13-21(3)11-12-22(25)4/h11-15,32H,9-10,16-20H2,1-8H3,(H,39,43). The van der Waals surface area contributed by atoms with Crippen LogP contribution in [0.15, 0.2) is 52.9 Å². The van der Waals surface area contributed by atoms with Crippen LogP contribution in [0.1, 0.15) is 89.8 Å². The zero-order valence-corrected chi connectivity index (χ0v) is 29.9. The molecule has 7 nitrogen and oxygen atoms in total. The van der Waals surface area contributed by atoms with Crippen LogP contribution >= 0.6 is 22.6 Å². The topological polar surface area (TPSA) is 84.9 Å². The second kappa shape index (κ2) is 12.6. The first-order chi connectivity index (χ1) is 21.1. The number of ketones is 2. The lowest BCUT2D eigenvalue weighted by Gasteiger charge is -2.49. The van der Waals surface area contributed by atoms with E-state index in [9.17, 15) is 14.4 Å². The minimum absolute atomic E-state index is 0.102. The summed E-state index contributed by atoms with van der Waals surface area (Å²) in [4.78, 5) is 43.2. The zero-order chi connectivity index (χ0) is 32.8. The highest BCUT2D eigenvalue weighted by molar-refractivity contribution is 14.1. The summed E-state index contributed by atoms with van der Waals surface area (Å²) in [6.45, 7) is 17.4. The summed E-state index contributed by atoms with van der Waals surface area (Å²) >= 11 is 2.21. The van der Waals surface area contributed by atoms with Crippen LogP contribution < -0.4 is 14.8 Å². The fourth-order valence-electron chi connectivity index (χ4n) is 7.11. The van der Waals surface area contributed by atoms with Gasteiger partial charge in [0, 0.05) is 53.5 Å². The predicted molar refractivity (Wildman–Crippen MR) is 186 cm³/mol. The highest BCUT2D eigenvalue weighted by Crippen LogP contribution is 2.55. The van der Waals surface area contributed by atoms with E-state index in [1.54, 1.807) is 0 Å². The van der Waals surface area contributed by atoms with Gasteiger partial charge in [-0.25, -0.2) is 0 Å². The van der Waals surface area contributed by atoms with Crippen LogP contribution in [0.2, 0.25) is 0 Å². The first kappa shape index (κ1) is 33.2. The highest BCUT2D eigenvalue weighted by atomic mass is 127. The van der Waals surface area contributed by atoms with Gasteiger partial charge < -0.3 is 19.7 Å². The Kier molecular flexibility index (Phi) is 9.28. The number of hydrogen-bond donors (Lipinski definition) is 1. The van der Waals surface area contributed by atoms with E-state index in [4.69, 9.17) is 9.47 Å². The molecule has 2 aromatic carbocycles. The molecule has 0 atom stereocenters. The Bertz CT molecular complexity index is 1580. The van der Waals surface area contributed by atoms with Gasteiger partial charge in [0.25, 0.3) is 5.91 Å². The average molecular weight is 725 g/mol. The number of hydrogen-bond acceptors (Lipinski definition) is 6. The number of aryl methyl sites for hydroxylation is 2. The van der Waals surface area contributed by atoms with Crippen LogP contribution in [-0.4, -0.2) is 42.1 Å². The summed E-state index contributed by atoms with van der Waals surface area (Å²) in [5.74, 6) is 0.426. The van der Waals surface area contributed by atoms with Crippen molar-refractivity contribution in [2.75, 3.05) is 25.1 Å². The number of benzene rings is 2. The van der Waals surface area contributed by atoms with Crippen molar-refractivity contribution in [2.24, 2.45) is 10.8 Å². The van der Waals surface area contributed by atoms with Crippen LogP contribution in [0.3, 0.4) is 0 Å². The first-order valence-corrected chi connectivity index (χ1v) is 17.0. The van der Waals surface area contributed by atoms with Gasteiger partial charge in [0.05, 0.1) is 10.2 Å². The number of anilines is 1. The van der Waals surface area contributed by atoms with Gasteiger partial charge in [0.2, 0.25) is 0 Å². The first-order valence-electron chi connectivity index (χ1n) is 15.9. The minimum Gasteiger partial charge on any atom is -0.490 e. The average Bonchev–Trinajstić information content (AvgIpc) is 2.92. The molecule has 0 saturated carbocycles. The van der Waals surface area contributed by atoms with Gasteiger partial charge in [0.15, 0.2) is 29.7 Å². The van der Waals surface area contributed by atoms with Crippen LogP contribution in [0, 0.1) is 28.2 Å². The van der Waals surface area contributed by atoms with Crippen LogP contribution in [0.25, 0.3) is 0 Å². The molecule has 0 unspecified atom stereocenters. The molecule has 1 heterocycles.